The highest BCUT2D eigenvalue weighted by Gasteiger charge is 2.19. The third-order valence-corrected chi connectivity index (χ3v) is 5.52. The van der Waals surface area contributed by atoms with E-state index in [1.54, 1.807) is 25.1 Å². The van der Waals surface area contributed by atoms with Crippen LogP contribution in [-0.4, -0.2) is 23.4 Å². The van der Waals surface area contributed by atoms with E-state index in [-0.39, 0.29) is 11.4 Å². The Labute approximate surface area is 174 Å². The maximum atomic E-state index is 12.6. The molecule has 2 heterocycles. The lowest BCUT2D eigenvalue weighted by Gasteiger charge is -2.09. The van der Waals surface area contributed by atoms with Crippen LogP contribution < -0.4 is 5.32 Å². The number of aryl methyl sites for hydroxylation is 1. The Hall–Kier alpha value is -3.30. The van der Waals surface area contributed by atoms with Crippen molar-refractivity contribution >= 4 is 57.6 Å². The largest absolute Gasteiger partial charge is 0.452 e. The van der Waals surface area contributed by atoms with Gasteiger partial charge in [-0.25, -0.2) is 4.79 Å². The Bertz CT molecular complexity index is 1060. The Kier molecular flexibility index (Phi) is 6.53. The second-order valence-corrected chi connectivity index (χ2v) is 7.88. The van der Waals surface area contributed by atoms with E-state index in [2.05, 4.69) is 5.32 Å². The highest BCUT2D eigenvalue weighted by Crippen LogP contribution is 2.27. The smallest absolute Gasteiger partial charge is 0.340 e. The van der Waals surface area contributed by atoms with Crippen LogP contribution in [0, 0.1) is 17.0 Å². The first-order valence-electron chi connectivity index (χ1n) is 8.45. The third kappa shape index (κ3) is 5.37. The molecule has 148 valence electrons. The van der Waals surface area contributed by atoms with Gasteiger partial charge in [0.15, 0.2) is 6.61 Å². The van der Waals surface area contributed by atoms with Gasteiger partial charge in [-0.1, -0.05) is 18.2 Å². The molecule has 1 N–H and O–H groups in total. The van der Waals surface area contributed by atoms with Crippen LogP contribution in [0.4, 0.5) is 11.4 Å². The number of amides is 1. The summed E-state index contributed by atoms with van der Waals surface area (Å²) in [6.45, 7) is 1.16. The summed E-state index contributed by atoms with van der Waals surface area (Å²) in [5.41, 5.74) is 0.868. The van der Waals surface area contributed by atoms with E-state index in [1.807, 2.05) is 29.0 Å². The maximum Gasteiger partial charge on any atom is 0.340 e. The molecule has 1 amide bonds. The van der Waals surface area contributed by atoms with Crippen LogP contribution in [0.25, 0.3) is 11.6 Å². The van der Waals surface area contributed by atoms with Gasteiger partial charge in [0.2, 0.25) is 0 Å². The molecule has 0 saturated heterocycles. The molecule has 0 aliphatic carbocycles. The molecule has 0 saturated carbocycles. The van der Waals surface area contributed by atoms with Crippen molar-refractivity contribution in [1.29, 1.82) is 0 Å². The van der Waals surface area contributed by atoms with Gasteiger partial charge in [0.1, 0.15) is 5.69 Å². The molecule has 0 aliphatic rings. The summed E-state index contributed by atoms with van der Waals surface area (Å²) in [6, 6.07) is 11.8. The zero-order valence-electron chi connectivity index (χ0n) is 15.3. The van der Waals surface area contributed by atoms with Crippen LogP contribution in [0.2, 0.25) is 0 Å². The van der Waals surface area contributed by atoms with Gasteiger partial charge in [0, 0.05) is 15.8 Å². The molecule has 1 aromatic carbocycles. The first kappa shape index (κ1) is 20.4. The molecule has 9 heteroatoms. The predicted octanol–water partition coefficient (Wildman–Crippen LogP) is 4.75. The number of nitro groups is 1. The number of thiophene rings is 2. The Morgan fingerprint density at radius 2 is 1.93 bits per heavy atom. The van der Waals surface area contributed by atoms with Gasteiger partial charge in [-0.3, -0.25) is 14.9 Å². The number of hydrogen-bond donors (Lipinski definition) is 1. The van der Waals surface area contributed by atoms with Gasteiger partial charge < -0.3 is 10.1 Å². The summed E-state index contributed by atoms with van der Waals surface area (Å²) in [4.78, 5) is 36.9. The van der Waals surface area contributed by atoms with Gasteiger partial charge in [0.25, 0.3) is 11.6 Å². The first-order valence-corrected chi connectivity index (χ1v) is 10.2. The van der Waals surface area contributed by atoms with E-state index in [4.69, 9.17) is 4.74 Å². The summed E-state index contributed by atoms with van der Waals surface area (Å²) in [5.74, 6) is -1.30. The molecule has 7 nitrogen and oxygen atoms in total. The van der Waals surface area contributed by atoms with Gasteiger partial charge in [0.05, 0.1) is 10.5 Å². The average Bonchev–Trinajstić information content (AvgIpc) is 3.39. The van der Waals surface area contributed by atoms with E-state index in [0.29, 0.717) is 11.1 Å². The highest BCUT2D eigenvalue weighted by atomic mass is 32.1. The van der Waals surface area contributed by atoms with Crippen molar-refractivity contribution in [3.8, 4) is 0 Å². The van der Waals surface area contributed by atoms with Crippen molar-refractivity contribution in [3.05, 3.63) is 78.7 Å². The quantitative estimate of drug-likeness (QED) is 0.253. The van der Waals surface area contributed by atoms with Crippen molar-refractivity contribution in [2.45, 2.75) is 6.92 Å². The molecule has 29 heavy (non-hydrogen) atoms. The first-order chi connectivity index (χ1) is 13.9. The number of anilines is 1. The number of rotatable bonds is 7. The monoisotopic (exact) mass is 428 g/mol. The minimum Gasteiger partial charge on any atom is -0.452 e. The van der Waals surface area contributed by atoms with E-state index in [1.165, 1.54) is 34.8 Å². The highest BCUT2D eigenvalue weighted by molar-refractivity contribution is 7.12. The number of nitrogens with zero attached hydrogens (tertiary/aromatic N) is 1. The predicted molar refractivity (Wildman–Crippen MR) is 114 cm³/mol. The minimum absolute atomic E-state index is 0.0502. The molecule has 3 rings (SSSR count). The zero-order chi connectivity index (χ0) is 20.8. The van der Waals surface area contributed by atoms with Crippen LogP contribution in [0.5, 0.6) is 0 Å². The fourth-order valence-electron chi connectivity index (χ4n) is 2.47. The van der Waals surface area contributed by atoms with Crippen molar-refractivity contribution in [2.24, 2.45) is 0 Å². The number of benzene rings is 1. The summed E-state index contributed by atoms with van der Waals surface area (Å²) < 4.78 is 5.16. The minimum atomic E-state index is -0.660. The molecular formula is C20H16N2O5S2. The number of ether oxygens (including phenoxy) is 1. The molecule has 2 aromatic heterocycles. The van der Waals surface area contributed by atoms with Crippen molar-refractivity contribution < 1.29 is 19.2 Å². The number of carbonyl (C=O) groups excluding carboxylic acids is 2. The summed E-state index contributed by atoms with van der Waals surface area (Å²) in [5, 5.41) is 17.3. The number of carbonyl (C=O) groups is 2. The molecular weight excluding hydrogens is 412 g/mol. The molecule has 0 atom stereocenters. The molecule has 0 aliphatic heterocycles. The van der Waals surface area contributed by atoms with Crippen molar-refractivity contribution in [1.82, 2.24) is 0 Å². The van der Waals surface area contributed by atoms with Crippen LogP contribution in [0.3, 0.4) is 0 Å². The van der Waals surface area contributed by atoms with E-state index < -0.39 is 23.4 Å². The van der Waals surface area contributed by atoms with Gasteiger partial charge in [-0.05, 0) is 47.5 Å². The lowest BCUT2D eigenvalue weighted by molar-refractivity contribution is -0.384. The number of nitrogens with one attached hydrogen (secondary N) is 1. The van der Waals surface area contributed by atoms with E-state index >= 15 is 0 Å². The Morgan fingerprint density at radius 3 is 2.59 bits per heavy atom. The normalized spacial score (nSPS) is 11.1. The lowest BCUT2D eigenvalue weighted by atomic mass is 10.2. The topological polar surface area (TPSA) is 98.5 Å². The Balaban J connectivity index is 1.69. The zero-order valence-corrected chi connectivity index (χ0v) is 16.9. The lowest BCUT2D eigenvalue weighted by Crippen LogP contribution is -2.21. The van der Waals surface area contributed by atoms with Gasteiger partial charge in [-0.15, -0.1) is 22.7 Å². The van der Waals surface area contributed by atoms with Gasteiger partial charge >= 0.3 is 5.97 Å². The number of nitro benzene ring substituents is 1. The fraction of sp³-hybridized carbons (Fsp3) is 0.100. The standard InChI is InChI=1S/C20H16N2O5S2/c1-13-6-7-16(17(10-13)22(25)26)21-19(23)12-27-20(24)15(18-5-3-9-29-18)11-14-4-2-8-28-14/h2-11H,12H2,1H3,(H,21,23)/b15-11+. The van der Waals surface area contributed by atoms with E-state index in [9.17, 15) is 19.7 Å². The molecule has 0 unspecified atom stereocenters. The van der Waals surface area contributed by atoms with Crippen LogP contribution >= 0.6 is 22.7 Å². The second-order valence-electron chi connectivity index (χ2n) is 5.95. The number of esters is 1. The number of hydrogen-bond acceptors (Lipinski definition) is 7. The van der Waals surface area contributed by atoms with Crippen LogP contribution in [-0.2, 0) is 14.3 Å². The Morgan fingerprint density at radius 1 is 1.17 bits per heavy atom. The molecule has 0 fully saturated rings. The molecule has 0 radical (unpaired) electrons. The summed E-state index contributed by atoms with van der Waals surface area (Å²) in [6.07, 6.45) is 1.71. The van der Waals surface area contributed by atoms with Gasteiger partial charge in [-0.2, -0.15) is 0 Å². The molecule has 0 spiro atoms. The fourth-order valence-corrected chi connectivity index (χ4v) is 3.86. The SMILES string of the molecule is Cc1ccc(NC(=O)COC(=O)/C(=C/c2cccs2)c2cccs2)c([N+](=O)[O-])c1. The van der Waals surface area contributed by atoms with Crippen LogP contribution in [0.15, 0.2) is 53.2 Å². The summed E-state index contributed by atoms with van der Waals surface area (Å²) in [7, 11) is 0. The van der Waals surface area contributed by atoms with E-state index in [0.717, 1.165) is 9.75 Å². The van der Waals surface area contributed by atoms with Crippen LogP contribution in [0.1, 0.15) is 15.3 Å². The maximum absolute atomic E-state index is 12.6. The molecule has 3 aromatic rings. The van der Waals surface area contributed by atoms with Crippen molar-refractivity contribution in [3.63, 3.8) is 0 Å². The average molecular weight is 428 g/mol. The second kappa shape index (κ2) is 9.26. The summed E-state index contributed by atoms with van der Waals surface area (Å²) >= 11 is 2.86. The third-order valence-electron chi connectivity index (χ3n) is 3.79. The van der Waals surface area contributed by atoms with Crippen molar-refractivity contribution in [2.75, 3.05) is 11.9 Å². The molecule has 0 bridgehead atoms.